The first-order valence-electron chi connectivity index (χ1n) is 7.43. The van der Waals surface area contributed by atoms with Crippen molar-refractivity contribution in [3.8, 4) is 5.75 Å². The highest BCUT2D eigenvalue weighted by molar-refractivity contribution is 7.89. The molecule has 1 saturated carbocycles. The van der Waals surface area contributed by atoms with Crippen LogP contribution >= 0.6 is 0 Å². The molecule has 1 aromatic carbocycles. The number of ether oxygens (including phenoxy) is 1. The maximum absolute atomic E-state index is 12.6. The lowest BCUT2D eigenvalue weighted by atomic mass is 10.2. The van der Waals surface area contributed by atoms with Gasteiger partial charge in [0.15, 0.2) is 0 Å². The highest BCUT2D eigenvalue weighted by Gasteiger charge is 2.37. The Balaban J connectivity index is 2.30. The molecular weight excluding hydrogens is 290 g/mol. The van der Waals surface area contributed by atoms with Gasteiger partial charge in [0.1, 0.15) is 5.75 Å². The van der Waals surface area contributed by atoms with Gasteiger partial charge < -0.3 is 9.84 Å². The van der Waals surface area contributed by atoms with Crippen molar-refractivity contribution in [2.75, 3.05) is 13.2 Å². The first-order valence-corrected chi connectivity index (χ1v) is 8.87. The highest BCUT2D eigenvalue weighted by atomic mass is 32.2. The van der Waals surface area contributed by atoms with Crippen LogP contribution in [-0.4, -0.2) is 37.0 Å². The molecule has 6 heteroatoms. The van der Waals surface area contributed by atoms with Crippen molar-refractivity contribution in [2.24, 2.45) is 0 Å². The van der Waals surface area contributed by atoms with Crippen molar-refractivity contribution in [1.82, 2.24) is 4.31 Å². The van der Waals surface area contributed by atoms with Gasteiger partial charge in [0.05, 0.1) is 18.1 Å². The number of rotatable bonds is 8. The Morgan fingerprint density at radius 3 is 2.57 bits per heavy atom. The molecule has 0 spiro atoms. The summed E-state index contributed by atoms with van der Waals surface area (Å²) in [5.74, 6) is 0.549. The van der Waals surface area contributed by atoms with E-state index in [4.69, 9.17) is 4.74 Å². The maximum atomic E-state index is 12.6. The second-order valence-corrected chi connectivity index (χ2v) is 7.11. The molecule has 1 aromatic rings. The van der Waals surface area contributed by atoms with E-state index in [-0.39, 0.29) is 17.5 Å². The van der Waals surface area contributed by atoms with E-state index in [0.29, 0.717) is 24.5 Å². The monoisotopic (exact) mass is 313 g/mol. The molecule has 5 nitrogen and oxygen atoms in total. The fourth-order valence-corrected chi connectivity index (χ4v) is 4.06. The summed E-state index contributed by atoms with van der Waals surface area (Å²) in [5.41, 5.74) is 0.511. The van der Waals surface area contributed by atoms with Crippen molar-refractivity contribution in [3.05, 3.63) is 23.8 Å². The first kappa shape index (κ1) is 16.3. The van der Waals surface area contributed by atoms with Gasteiger partial charge in [-0.25, -0.2) is 8.42 Å². The lowest BCUT2D eigenvalue weighted by molar-refractivity contribution is 0.262. The third-order valence-corrected chi connectivity index (χ3v) is 5.56. The van der Waals surface area contributed by atoms with E-state index < -0.39 is 10.0 Å². The van der Waals surface area contributed by atoms with E-state index in [0.717, 1.165) is 19.3 Å². The van der Waals surface area contributed by atoms with Crippen LogP contribution in [0, 0.1) is 0 Å². The molecule has 1 aliphatic carbocycles. The van der Waals surface area contributed by atoms with Gasteiger partial charge in [0.2, 0.25) is 10.0 Å². The fraction of sp³-hybridized carbons (Fsp3) is 0.600. The lowest BCUT2D eigenvalue weighted by Crippen LogP contribution is -2.32. The average molecular weight is 313 g/mol. The second-order valence-electron chi connectivity index (χ2n) is 5.22. The average Bonchev–Trinajstić information content (AvgIpc) is 3.30. The molecule has 0 radical (unpaired) electrons. The van der Waals surface area contributed by atoms with Crippen LogP contribution in [0.3, 0.4) is 0 Å². The van der Waals surface area contributed by atoms with Gasteiger partial charge in [-0.05, 0) is 37.5 Å². The molecule has 0 saturated heterocycles. The first-order chi connectivity index (χ1) is 10.0. The van der Waals surface area contributed by atoms with Crippen molar-refractivity contribution < 1.29 is 18.3 Å². The smallest absolute Gasteiger partial charge is 0.243 e. The van der Waals surface area contributed by atoms with Crippen molar-refractivity contribution >= 4 is 10.0 Å². The van der Waals surface area contributed by atoms with Crippen LogP contribution in [-0.2, 0) is 16.6 Å². The fourth-order valence-electron chi connectivity index (χ4n) is 2.31. The number of hydrogen-bond donors (Lipinski definition) is 1. The van der Waals surface area contributed by atoms with E-state index in [1.165, 1.54) is 10.4 Å². The molecule has 0 heterocycles. The number of aliphatic hydroxyl groups excluding tert-OH is 1. The third kappa shape index (κ3) is 3.56. The van der Waals surface area contributed by atoms with Crippen LogP contribution in [0.15, 0.2) is 23.1 Å². The molecule has 1 fully saturated rings. The molecule has 0 aromatic heterocycles. The van der Waals surface area contributed by atoms with Crippen LogP contribution in [0.25, 0.3) is 0 Å². The Labute approximate surface area is 126 Å². The zero-order chi connectivity index (χ0) is 15.5. The predicted octanol–water partition coefficient (Wildman–Crippen LogP) is 2.14. The molecule has 0 amide bonds. The molecule has 0 unspecified atom stereocenters. The molecule has 0 atom stereocenters. The summed E-state index contributed by atoms with van der Waals surface area (Å²) >= 11 is 0. The standard InChI is InChI=1S/C15H23NO4S/c1-3-9-20-15-8-7-14(10-12(15)11-17)21(18,19)16(4-2)13-5-6-13/h7-8,10,13,17H,3-6,9,11H2,1-2H3. The van der Waals surface area contributed by atoms with Gasteiger partial charge in [0.25, 0.3) is 0 Å². The minimum atomic E-state index is -3.49. The predicted molar refractivity (Wildman–Crippen MR) is 80.7 cm³/mol. The second kappa shape index (κ2) is 6.77. The highest BCUT2D eigenvalue weighted by Crippen LogP contribution is 2.33. The van der Waals surface area contributed by atoms with Crippen LogP contribution in [0.5, 0.6) is 5.75 Å². The molecule has 118 valence electrons. The zero-order valence-corrected chi connectivity index (χ0v) is 13.4. The summed E-state index contributed by atoms with van der Waals surface area (Å²) in [5, 5.41) is 9.44. The van der Waals surface area contributed by atoms with Crippen LogP contribution < -0.4 is 4.74 Å². The summed E-state index contributed by atoms with van der Waals surface area (Å²) in [6.45, 7) is 4.61. The summed E-state index contributed by atoms with van der Waals surface area (Å²) in [6, 6.07) is 4.85. The minimum absolute atomic E-state index is 0.133. The summed E-state index contributed by atoms with van der Waals surface area (Å²) < 4.78 is 32.3. The largest absolute Gasteiger partial charge is 0.493 e. The molecule has 0 aliphatic heterocycles. The molecule has 1 aliphatic rings. The van der Waals surface area contributed by atoms with Gasteiger partial charge in [-0.3, -0.25) is 0 Å². The molecular formula is C15H23NO4S. The van der Waals surface area contributed by atoms with E-state index >= 15 is 0 Å². The number of sulfonamides is 1. The quantitative estimate of drug-likeness (QED) is 0.798. The van der Waals surface area contributed by atoms with E-state index in [9.17, 15) is 13.5 Å². The Bertz CT molecular complexity index is 581. The van der Waals surface area contributed by atoms with Gasteiger partial charge in [-0.15, -0.1) is 0 Å². The Morgan fingerprint density at radius 1 is 1.33 bits per heavy atom. The normalized spacial score (nSPS) is 15.4. The van der Waals surface area contributed by atoms with Crippen LogP contribution in [0.1, 0.15) is 38.7 Å². The van der Waals surface area contributed by atoms with Crippen LogP contribution in [0.2, 0.25) is 0 Å². The Kier molecular flexibility index (Phi) is 5.24. The molecule has 0 bridgehead atoms. The van der Waals surface area contributed by atoms with E-state index in [1.807, 2.05) is 13.8 Å². The Hall–Kier alpha value is -1.11. The molecule has 1 N–H and O–H groups in total. The third-order valence-electron chi connectivity index (χ3n) is 3.54. The Morgan fingerprint density at radius 2 is 2.05 bits per heavy atom. The van der Waals surface area contributed by atoms with E-state index in [1.54, 1.807) is 12.1 Å². The van der Waals surface area contributed by atoms with Gasteiger partial charge >= 0.3 is 0 Å². The van der Waals surface area contributed by atoms with Gasteiger partial charge in [0, 0.05) is 18.2 Å². The number of benzene rings is 1. The van der Waals surface area contributed by atoms with Crippen LogP contribution in [0.4, 0.5) is 0 Å². The van der Waals surface area contributed by atoms with Crippen molar-refractivity contribution in [1.29, 1.82) is 0 Å². The molecule has 2 rings (SSSR count). The maximum Gasteiger partial charge on any atom is 0.243 e. The zero-order valence-electron chi connectivity index (χ0n) is 12.6. The molecule has 21 heavy (non-hydrogen) atoms. The van der Waals surface area contributed by atoms with Gasteiger partial charge in [-0.2, -0.15) is 4.31 Å². The van der Waals surface area contributed by atoms with E-state index in [2.05, 4.69) is 0 Å². The minimum Gasteiger partial charge on any atom is -0.493 e. The lowest BCUT2D eigenvalue weighted by Gasteiger charge is -2.20. The summed E-state index contributed by atoms with van der Waals surface area (Å²) in [6.07, 6.45) is 2.71. The summed E-state index contributed by atoms with van der Waals surface area (Å²) in [4.78, 5) is 0.226. The summed E-state index contributed by atoms with van der Waals surface area (Å²) in [7, 11) is -3.49. The van der Waals surface area contributed by atoms with Crippen molar-refractivity contribution in [2.45, 2.75) is 50.7 Å². The number of hydrogen-bond acceptors (Lipinski definition) is 4. The SMILES string of the molecule is CCCOc1ccc(S(=O)(=O)N(CC)C2CC2)cc1CO. The van der Waals surface area contributed by atoms with Gasteiger partial charge in [-0.1, -0.05) is 13.8 Å². The number of aliphatic hydroxyl groups is 1. The van der Waals surface area contributed by atoms with Crippen molar-refractivity contribution in [3.63, 3.8) is 0 Å². The number of nitrogens with zero attached hydrogens (tertiary/aromatic N) is 1. The topological polar surface area (TPSA) is 66.8 Å².